The van der Waals surface area contributed by atoms with Crippen LogP contribution < -0.4 is 5.32 Å². The molecule has 0 aromatic carbocycles. The second-order valence-electron chi connectivity index (χ2n) is 3.75. The average molecular weight is 303 g/mol. The summed E-state index contributed by atoms with van der Waals surface area (Å²) in [6.07, 6.45) is 5.92. The van der Waals surface area contributed by atoms with Gasteiger partial charge in [0.25, 0.3) is 0 Å². The summed E-state index contributed by atoms with van der Waals surface area (Å²) in [5.74, 6) is 0.503. The zero-order chi connectivity index (χ0) is 13.9. The van der Waals surface area contributed by atoms with Crippen molar-refractivity contribution in [3.05, 3.63) is 24.0 Å². The van der Waals surface area contributed by atoms with E-state index >= 15 is 0 Å². The maximum absolute atomic E-state index is 11.0. The first-order valence-electron chi connectivity index (χ1n) is 5.25. The zero-order valence-corrected chi connectivity index (χ0v) is 11.6. The Hall–Kier alpha value is -1.74. The van der Waals surface area contributed by atoms with Crippen LogP contribution in [-0.2, 0) is 9.84 Å². The fourth-order valence-electron chi connectivity index (χ4n) is 1.26. The van der Waals surface area contributed by atoms with Gasteiger partial charge in [0.2, 0.25) is 17.2 Å². The highest BCUT2D eigenvalue weighted by Crippen LogP contribution is 2.09. The van der Waals surface area contributed by atoms with Crippen molar-refractivity contribution < 1.29 is 8.42 Å². The molecular formula is C9H11ClN6O2S. The first kappa shape index (κ1) is 13.7. The van der Waals surface area contributed by atoms with Crippen molar-refractivity contribution in [3.8, 4) is 5.95 Å². The third kappa shape index (κ3) is 4.14. The van der Waals surface area contributed by atoms with E-state index in [1.807, 2.05) is 0 Å². The molecule has 2 aromatic rings. The summed E-state index contributed by atoms with van der Waals surface area (Å²) >= 11 is 5.78. The first-order valence-corrected chi connectivity index (χ1v) is 7.69. The van der Waals surface area contributed by atoms with Gasteiger partial charge in [-0.15, -0.1) is 0 Å². The van der Waals surface area contributed by atoms with Crippen LogP contribution in [0.4, 0.5) is 5.95 Å². The topological polar surface area (TPSA) is 103 Å². The molecule has 1 N–H and O–H groups in total. The molecule has 2 heterocycles. The van der Waals surface area contributed by atoms with Crippen LogP contribution in [0.2, 0.25) is 5.28 Å². The van der Waals surface area contributed by atoms with E-state index < -0.39 is 9.84 Å². The van der Waals surface area contributed by atoms with Crippen LogP contribution in [-0.4, -0.2) is 51.5 Å². The highest BCUT2D eigenvalue weighted by atomic mass is 35.5. The number of sulfone groups is 1. The molecule has 2 rings (SSSR count). The van der Waals surface area contributed by atoms with E-state index in [0.29, 0.717) is 5.95 Å². The molecule has 10 heteroatoms. The molecule has 0 aliphatic heterocycles. The van der Waals surface area contributed by atoms with Crippen LogP contribution in [0.15, 0.2) is 18.7 Å². The van der Waals surface area contributed by atoms with Crippen LogP contribution in [0.3, 0.4) is 0 Å². The van der Waals surface area contributed by atoms with Gasteiger partial charge in [-0.1, -0.05) is 0 Å². The third-order valence-electron chi connectivity index (χ3n) is 2.09. The minimum absolute atomic E-state index is 0.0144. The van der Waals surface area contributed by atoms with Gasteiger partial charge in [0.05, 0.1) is 5.75 Å². The summed E-state index contributed by atoms with van der Waals surface area (Å²) in [4.78, 5) is 15.8. The highest BCUT2D eigenvalue weighted by Gasteiger charge is 2.07. The molecule has 0 radical (unpaired) electrons. The van der Waals surface area contributed by atoms with Crippen LogP contribution in [0.5, 0.6) is 0 Å². The predicted octanol–water partition coefficient (Wildman–Crippen LogP) is 0.167. The number of hydrogen-bond donors (Lipinski definition) is 1. The zero-order valence-electron chi connectivity index (χ0n) is 9.99. The normalized spacial score (nSPS) is 11.5. The molecule has 0 aliphatic rings. The molecule has 0 amide bonds. The molecule has 19 heavy (non-hydrogen) atoms. The minimum Gasteiger partial charge on any atom is -0.353 e. The Morgan fingerprint density at radius 1 is 1.37 bits per heavy atom. The van der Waals surface area contributed by atoms with Crippen molar-refractivity contribution in [1.29, 1.82) is 0 Å². The fraction of sp³-hybridized carbons (Fsp3) is 0.333. The van der Waals surface area contributed by atoms with Crippen molar-refractivity contribution in [2.24, 2.45) is 0 Å². The number of anilines is 1. The Kier molecular flexibility index (Phi) is 3.96. The number of nitrogens with one attached hydrogen (secondary N) is 1. The summed E-state index contributed by atoms with van der Waals surface area (Å²) < 4.78 is 23.6. The molecule has 0 aliphatic carbocycles. The maximum Gasteiger partial charge on any atom is 0.241 e. The summed E-state index contributed by atoms with van der Waals surface area (Å²) in [6.45, 7) is 0.197. The number of hydrogen-bond acceptors (Lipinski definition) is 7. The Balaban J connectivity index is 2.14. The Bertz CT molecular complexity index is 657. The van der Waals surface area contributed by atoms with Crippen LogP contribution >= 0.6 is 11.6 Å². The quantitative estimate of drug-likeness (QED) is 0.839. The first-order chi connectivity index (χ1) is 8.94. The van der Waals surface area contributed by atoms with Gasteiger partial charge in [-0.25, -0.2) is 13.4 Å². The van der Waals surface area contributed by atoms with E-state index in [0.717, 1.165) is 6.26 Å². The van der Waals surface area contributed by atoms with Crippen molar-refractivity contribution >= 4 is 27.4 Å². The van der Waals surface area contributed by atoms with E-state index in [2.05, 4.69) is 25.3 Å². The van der Waals surface area contributed by atoms with Gasteiger partial charge in [-0.05, 0) is 11.6 Å². The molecule has 2 aromatic heterocycles. The van der Waals surface area contributed by atoms with E-state index in [9.17, 15) is 8.42 Å². The van der Waals surface area contributed by atoms with Crippen molar-refractivity contribution in [3.63, 3.8) is 0 Å². The third-order valence-corrected chi connectivity index (χ3v) is 3.20. The van der Waals surface area contributed by atoms with Crippen molar-refractivity contribution in [2.45, 2.75) is 0 Å². The van der Waals surface area contributed by atoms with Crippen molar-refractivity contribution in [2.75, 3.05) is 23.9 Å². The predicted molar refractivity (Wildman–Crippen MR) is 70.2 cm³/mol. The lowest BCUT2D eigenvalue weighted by molar-refractivity contribution is 0.602. The fourth-order valence-corrected chi connectivity index (χ4v) is 1.89. The maximum atomic E-state index is 11.0. The summed E-state index contributed by atoms with van der Waals surface area (Å²) in [7, 11) is -3.04. The molecule has 0 saturated carbocycles. The lowest BCUT2D eigenvalue weighted by Crippen LogP contribution is -2.16. The van der Waals surface area contributed by atoms with E-state index in [4.69, 9.17) is 11.6 Å². The molecule has 0 unspecified atom stereocenters. The number of halogens is 1. The lowest BCUT2D eigenvalue weighted by atomic mass is 10.7. The molecule has 0 atom stereocenters. The molecule has 8 nitrogen and oxygen atoms in total. The Morgan fingerprint density at radius 2 is 2.16 bits per heavy atom. The van der Waals surface area contributed by atoms with Crippen molar-refractivity contribution in [1.82, 2.24) is 24.5 Å². The van der Waals surface area contributed by atoms with Gasteiger partial charge < -0.3 is 5.32 Å². The number of nitrogens with zero attached hydrogens (tertiary/aromatic N) is 5. The summed E-state index contributed by atoms with van der Waals surface area (Å²) in [5.41, 5.74) is 0. The van der Waals surface area contributed by atoms with Gasteiger partial charge in [0, 0.05) is 25.2 Å². The van der Waals surface area contributed by atoms with E-state index in [1.165, 1.54) is 6.33 Å². The van der Waals surface area contributed by atoms with Crippen LogP contribution in [0.25, 0.3) is 5.95 Å². The molecule has 0 spiro atoms. The summed E-state index contributed by atoms with van der Waals surface area (Å²) in [5, 5.41) is 2.80. The number of rotatable bonds is 5. The second kappa shape index (κ2) is 5.49. The lowest BCUT2D eigenvalue weighted by Gasteiger charge is -2.06. The molecule has 0 saturated heterocycles. The van der Waals surface area contributed by atoms with Gasteiger partial charge >= 0.3 is 0 Å². The number of aromatic nitrogens is 5. The minimum atomic E-state index is -3.04. The standard InChI is InChI=1S/C9H11ClN6O2S/c1-19(17,18)5-3-12-8-13-7(10)14-9(15-8)16-4-2-11-6-16/h2,4,6H,3,5H2,1H3,(H,12,13,14,15). The molecule has 0 bridgehead atoms. The smallest absolute Gasteiger partial charge is 0.241 e. The van der Waals surface area contributed by atoms with Gasteiger partial charge in [0.1, 0.15) is 16.2 Å². The molecular weight excluding hydrogens is 292 g/mol. The Morgan fingerprint density at radius 3 is 2.79 bits per heavy atom. The summed E-state index contributed by atoms with van der Waals surface area (Å²) in [6, 6.07) is 0. The van der Waals surface area contributed by atoms with Gasteiger partial charge in [-0.3, -0.25) is 4.57 Å². The highest BCUT2D eigenvalue weighted by molar-refractivity contribution is 7.90. The average Bonchev–Trinajstić information content (AvgIpc) is 2.79. The number of imidazole rings is 1. The van der Waals surface area contributed by atoms with Gasteiger partial charge in [0.15, 0.2) is 0 Å². The SMILES string of the molecule is CS(=O)(=O)CCNc1nc(Cl)nc(-n2ccnc2)n1. The second-order valence-corrected chi connectivity index (χ2v) is 6.35. The largest absolute Gasteiger partial charge is 0.353 e. The molecule has 102 valence electrons. The van der Waals surface area contributed by atoms with Crippen LogP contribution in [0, 0.1) is 0 Å². The monoisotopic (exact) mass is 302 g/mol. The van der Waals surface area contributed by atoms with Crippen LogP contribution in [0.1, 0.15) is 0 Å². The molecule has 0 fully saturated rings. The van der Waals surface area contributed by atoms with Gasteiger partial charge in [-0.2, -0.15) is 15.0 Å². The van der Waals surface area contributed by atoms with E-state index in [1.54, 1.807) is 17.0 Å². The Labute approximate surface area is 114 Å². The van der Waals surface area contributed by atoms with E-state index in [-0.39, 0.29) is 23.5 Å².